The molecule has 0 aliphatic carbocycles. The van der Waals surface area contributed by atoms with Crippen molar-refractivity contribution in [3.8, 4) is 23.0 Å². The molecule has 0 bridgehead atoms. The SMILES string of the molecule is COc1cccc(NC(=O)COC(=O)c2ccc(OC)c(OC)c2OC)c1. The lowest BCUT2D eigenvalue weighted by Crippen LogP contribution is -2.21. The van der Waals surface area contributed by atoms with Gasteiger partial charge in [-0.15, -0.1) is 0 Å². The van der Waals surface area contributed by atoms with Crippen LogP contribution in [0.3, 0.4) is 0 Å². The van der Waals surface area contributed by atoms with E-state index in [4.69, 9.17) is 23.7 Å². The van der Waals surface area contributed by atoms with Gasteiger partial charge in [0, 0.05) is 11.8 Å². The standard InChI is InChI=1S/C19H21NO7/c1-23-13-7-5-6-12(10-13)20-16(21)11-27-19(22)14-8-9-15(24-2)18(26-4)17(14)25-3/h5-10H,11H2,1-4H3,(H,20,21). The number of methoxy groups -OCH3 is 4. The van der Waals surface area contributed by atoms with E-state index in [1.807, 2.05) is 0 Å². The van der Waals surface area contributed by atoms with Crippen LogP contribution in [0.4, 0.5) is 5.69 Å². The van der Waals surface area contributed by atoms with Gasteiger partial charge >= 0.3 is 5.97 Å². The zero-order valence-corrected chi connectivity index (χ0v) is 15.5. The summed E-state index contributed by atoms with van der Waals surface area (Å²) in [4.78, 5) is 24.4. The van der Waals surface area contributed by atoms with Crippen LogP contribution in [0, 0.1) is 0 Å². The molecule has 0 spiro atoms. The minimum atomic E-state index is -0.728. The van der Waals surface area contributed by atoms with Gasteiger partial charge in [-0.05, 0) is 24.3 Å². The molecule has 0 aliphatic rings. The van der Waals surface area contributed by atoms with Crippen molar-refractivity contribution in [3.63, 3.8) is 0 Å². The average Bonchev–Trinajstić information content (AvgIpc) is 2.70. The number of anilines is 1. The highest BCUT2D eigenvalue weighted by Gasteiger charge is 2.22. The summed E-state index contributed by atoms with van der Waals surface area (Å²) in [6.07, 6.45) is 0. The summed E-state index contributed by atoms with van der Waals surface area (Å²) >= 11 is 0. The zero-order valence-electron chi connectivity index (χ0n) is 15.5. The van der Waals surface area contributed by atoms with E-state index in [2.05, 4.69) is 5.32 Å². The first-order valence-corrected chi connectivity index (χ1v) is 7.94. The Bertz CT molecular complexity index is 820. The van der Waals surface area contributed by atoms with Gasteiger partial charge in [0.05, 0.1) is 28.4 Å². The van der Waals surface area contributed by atoms with Gasteiger partial charge in [0.1, 0.15) is 11.3 Å². The summed E-state index contributed by atoms with van der Waals surface area (Å²) in [6.45, 7) is -0.465. The molecule has 0 unspecified atom stereocenters. The van der Waals surface area contributed by atoms with Crippen LogP contribution in [0.1, 0.15) is 10.4 Å². The number of nitrogens with one attached hydrogen (secondary N) is 1. The molecule has 8 nitrogen and oxygen atoms in total. The predicted molar refractivity (Wildman–Crippen MR) is 98.0 cm³/mol. The second-order valence-corrected chi connectivity index (χ2v) is 5.24. The van der Waals surface area contributed by atoms with Gasteiger partial charge in [-0.25, -0.2) is 4.79 Å². The summed E-state index contributed by atoms with van der Waals surface area (Å²) < 4.78 is 25.8. The predicted octanol–water partition coefficient (Wildman–Crippen LogP) is 2.52. The molecular formula is C19H21NO7. The molecule has 2 aromatic carbocycles. The average molecular weight is 375 g/mol. The van der Waals surface area contributed by atoms with E-state index >= 15 is 0 Å². The molecule has 144 valence electrons. The van der Waals surface area contributed by atoms with E-state index in [9.17, 15) is 9.59 Å². The van der Waals surface area contributed by atoms with Crippen molar-refractivity contribution in [1.82, 2.24) is 0 Å². The van der Waals surface area contributed by atoms with Gasteiger partial charge in [0.15, 0.2) is 18.1 Å². The van der Waals surface area contributed by atoms with Crippen LogP contribution in [-0.2, 0) is 9.53 Å². The van der Waals surface area contributed by atoms with Gasteiger partial charge in [-0.3, -0.25) is 4.79 Å². The molecule has 0 saturated heterocycles. The van der Waals surface area contributed by atoms with Crippen molar-refractivity contribution >= 4 is 17.6 Å². The molecule has 0 atom stereocenters. The molecule has 0 aromatic heterocycles. The normalized spacial score (nSPS) is 9.93. The molecule has 1 amide bonds. The number of rotatable bonds is 8. The van der Waals surface area contributed by atoms with Crippen molar-refractivity contribution in [3.05, 3.63) is 42.0 Å². The molecule has 2 rings (SSSR count). The Balaban J connectivity index is 2.05. The summed E-state index contributed by atoms with van der Waals surface area (Å²) in [6, 6.07) is 9.85. The smallest absolute Gasteiger partial charge is 0.342 e. The van der Waals surface area contributed by atoms with E-state index < -0.39 is 18.5 Å². The highest BCUT2D eigenvalue weighted by Crippen LogP contribution is 2.39. The van der Waals surface area contributed by atoms with Crippen LogP contribution in [0.15, 0.2) is 36.4 Å². The number of hydrogen-bond acceptors (Lipinski definition) is 7. The summed E-state index contributed by atoms with van der Waals surface area (Å²) in [7, 11) is 5.82. The summed E-state index contributed by atoms with van der Waals surface area (Å²) in [5.74, 6) is 0.205. The molecule has 0 radical (unpaired) electrons. The molecular weight excluding hydrogens is 354 g/mol. The topological polar surface area (TPSA) is 92.3 Å². The van der Waals surface area contributed by atoms with Crippen LogP contribution in [0.5, 0.6) is 23.0 Å². The van der Waals surface area contributed by atoms with Gasteiger partial charge < -0.3 is 29.0 Å². The fourth-order valence-corrected chi connectivity index (χ4v) is 2.37. The number of esters is 1. The van der Waals surface area contributed by atoms with Gasteiger partial charge in [-0.1, -0.05) is 6.07 Å². The molecule has 2 aromatic rings. The van der Waals surface area contributed by atoms with Crippen molar-refractivity contribution in [2.75, 3.05) is 40.4 Å². The quantitative estimate of drug-likeness (QED) is 0.709. The molecule has 0 aliphatic heterocycles. The first-order valence-electron chi connectivity index (χ1n) is 7.94. The van der Waals surface area contributed by atoms with Crippen molar-refractivity contribution in [2.45, 2.75) is 0 Å². The molecule has 1 N–H and O–H groups in total. The van der Waals surface area contributed by atoms with Crippen LogP contribution in [-0.4, -0.2) is 46.9 Å². The first kappa shape index (κ1) is 19.9. The monoisotopic (exact) mass is 375 g/mol. The van der Waals surface area contributed by atoms with Gasteiger partial charge in [-0.2, -0.15) is 0 Å². The van der Waals surface area contributed by atoms with Crippen molar-refractivity contribution < 1.29 is 33.3 Å². The van der Waals surface area contributed by atoms with Crippen LogP contribution in [0.25, 0.3) is 0 Å². The van der Waals surface area contributed by atoms with E-state index in [0.29, 0.717) is 17.2 Å². The fourth-order valence-electron chi connectivity index (χ4n) is 2.37. The Morgan fingerprint density at radius 1 is 0.889 bits per heavy atom. The van der Waals surface area contributed by atoms with Crippen LogP contribution >= 0.6 is 0 Å². The van der Waals surface area contributed by atoms with Crippen molar-refractivity contribution in [1.29, 1.82) is 0 Å². The second-order valence-electron chi connectivity index (χ2n) is 5.24. The molecule has 0 heterocycles. The number of carbonyl (C=O) groups is 2. The Morgan fingerprint density at radius 3 is 2.26 bits per heavy atom. The number of hydrogen-bond donors (Lipinski definition) is 1. The molecule has 0 fully saturated rings. The highest BCUT2D eigenvalue weighted by atomic mass is 16.5. The first-order chi connectivity index (χ1) is 13.0. The Hall–Kier alpha value is -3.42. The molecule has 27 heavy (non-hydrogen) atoms. The lowest BCUT2D eigenvalue weighted by molar-refractivity contribution is -0.119. The third kappa shape index (κ3) is 4.81. The molecule has 0 saturated carbocycles. The minimum Gasteiger partial charge on any atom is -0.497 e. The van der Waals surface area contributed by atoms with Gasteiger partial charge in [0.25, 0.3) is 5.91 Å². The third-order valence-electron chi connectivity index (χ3n) is 3.61. The number of amides is 1. The summed E-state index contributed by atoms with van der Waals surface area (Å²) in [5.41, 5.74) is 0.642. The van der Waals surface area contributed by atoms with E-state index in [1.54, 1.807) is 30.3 Å². The number of ether oxygens (including phenoxy) is 5. The van der Waals surface area contributed by atoms with Gasteiger partial charge in [0.2, 0.25) is 5.75 Å². The fraction of sp³-hybridized carbons (Fsp3) is 0.263. The summed E-state index contributed by atoms with van der Waals surface area (Å²) in [5, 5.41) is 2.62. The Kier molecular flexibility index (Phi) is 6.87. The molecule has 8 heteroatoms. The lowest BCUT2D eigenvalue weighted by atomic mass is 10.1. The van der Waals surface area contributed by atoms with E-state index in [-0.39, 0.29) is 17.1 Å². The number of carbonyl (C=O) groups excluding carboxylic acids is 2. The minimum absolute atomic E-state index is 0.115. The second kappa shape index (κ2) is 9.33. The number of benzene rings is 2. The van der Waals surface area contributed by atoms with Crippen LogP contribution in [0.2, 0.25) is 0 Å². The maximum Gasteiger partial charge on any atom is 0.342 e. The lowest BCUT2D eigenvalue weighted by Gasteiger charge is -2.15. The zero-order chi connectivity index (χ0) is 19.8. The maximum atomic E-state index is 12.4. The maximum absolute atomic E-state index is 12.4. The highest BCUT2D eigenvalue weighted by molar-refractivity contribution is 5.97. The van der Waals surface area contributed by atoms with E-state index in [1.165, 1.54) is 34.5 Å². The Morgan fingerprint density at radius 2 is 1.63 bits per heavy atom. The van der Waals surface area contributed by atoms with Crippen LogP contribution < -0.4 is 24.3 Å². The van der Waals surface area contributed by atoms with Crippen molar-refractivity contribution in [2.24, 2.45) is 0 Å². The third-order valence-corrected chi connectivity index (χ3v) is 3.61. The Labute approximate surface area is 156 Å². The largest absolute Gasteiger partial charge is 0.497 e. The van der Waals surface area contributed by atoms with E-state index in [0.717, 1.165) is 0 Å².